The van der Waals surface area contributed by atoms with E-state index in [1.54, 1.807) is 12.5 Å². The van der Waals surface area contributed by atoms with Gasteiger partial charge in [0.05, 0.1) is 18.2 Å². The van der Waals surface area contributed by atoms with Gasteiger partial charge in [-0.15, -0.1) is 5.10 Å². The van der Waals surface area contributed by atoms with Crippen LogP contribution in [-0.4, -0.2) is 23.3 Å². The fourth-order valence-electron chi connectivity index (χ4n) is 1.92. The molecule has 1 saturated carbocycles. The molecule has 100 valence electrons. The summed E-state index contributed by atoms with van der Waals surface area (Å²) in [5, 5.41) is 11.9. The van der Waals surface area contributed by atoms with Crippen LogP contribution in [0.4, 0.5) is 5.82 Å². The van der Waals surface area contributed by atoms with Gasteiger partial charge in [-0.25, -0.2) is 0 Å². The van der Waals surface area contributed by atoms with Gasteiger partial charge < -0.3 is 14.6 Å². The van der Waals surface area contributed by atoms with Crippen LogP contribution in [0.1, 0.15) is 24.1 Å². The molecule has 0 atom stereocenters. The Kier molecular flexibility index (Phi) is 3.46. The monoisotopic (exact) mass is 258 g/mol. The second-order valence-corrected chi connectivity index (χ2v) is 5.03. The summed E-state index contributed by atoms with van der Waals surface area (Å²) in [5.41, 5.74) is 2.12. The fraction of sp³-hybridized carbons (Fsp3) is 0.429. The third-order valence-electron chi connectivity index (χ3n) is 3.25. The van der Waals surface area contributed by atoms with E-state index in [1.165, 1.54) is 12.8 Å². The largest absolute Gasteiger partial charge is 0.472 e. The lowest BCUT2D eigenvalue weighted by Crippen LogP contribution is -2.19. The molecule has 3 rings (SSSR count). The topological polar surface area (TPSA) is 54.2 Å². The molecule has 0 saturated heterocycles. The lowest BCUT2D eigenvalue weighted by atomic mass is 10.3. The second-order valence-electron chi connectivity index (χ2n) is 5.03. The molecule has 1 N–H and O–H groups in total. The highest BCUT2D eigenvalue weighted by Crippen LogP contribution is 2.19. The van der Waals surface area contributed by atoms with Crippen LogP contribution < -0.4 is 10.2 Å². The molecule has 2 aromatic heterocycles. The number of hydrogen-bond donors (Lipinski definition) is 1. The summed E-state index contributed by atoms with van der Waals surface area (Å²) in [4.78, 5) is 2.05. The molecular formula is C14H18N4O. The van der Waals surface area contributed by atoms with Crippen molar-refractivity contribution >= 4 is 5.82 Å². The van der Waals surface area contributed by atoms with Crippen LogP contribution in [0.3, 0.4) is 0 Å². The normalized spacial score (nSPS) is 14.6. The van der Waals surface area contributed by atoms with Gasteiger partial charge >= 0.3 is 0 Å². The van der Waals surface area contributed by atoms with E-state index in [1.807, 2.05) is 25.2 Å². The van der Waals surface area contributed by atoms with E-state index >= 15 is 0 Å². The van der Waals surface area contributed by atoms with Crippen LogP contribution in [0.15, 0.2) is 35.1 Å². The second kappa shape index (κ2) is 5.40. The highest BCUT2D eigenvalue weighted by atomic mass is 16.3. The minimum atomic E-state index is 0.699. The standard InChI is InChI=1S/C14H18N4O/c1-18(9-11-6-7-19-10-11)14-5-4-13(16-17-14)8-15-12-2-3-12/h4-7,10,12,15H,2-3,8-9H2,1H3. The molecule has 0 spiro atoms. The summed E-state index contributed by atoms with van der Waals surface area (Å²) < 4.78 is 5.06. The van der Waals surface area contributed by atoms with Crippen LogP contribution >= 0.6 is 0 Å². The zero-order valence-corrected chi connectivity index (χ0v) is 11.0. The van der Waals surface area contributed by atoms with E-state index in [-0.39, 0.29) is 0 Å². The summed E-state index contributed by atoms with van der Waals surface area (Å²) in [6.45, 7) is 1.58. The highest BCUT2D eigenvalue weighted by Gasteiger charge is 2.20. The Morgan fingerprint density at radius 3 is 2.84 bits per heavy atom. The third kappa shape index (κ3) is 3.32. The molecule has 2 aromatic rings. The van der Waals surface area contributed by atoms with Crippen molar-refractivity contribution in [3.8, 4) is 0 Å². The molecule has 5 heteroatoms. The highest BCUT2D eigenvalue weighted by molar-refractivity contribution is 5.37. The first-order valence-electron chi connectivity index (χ1n) is 6.59. The molecule has 0 amide bonds. The maximum atomic E-state index is 5.06. The Bertz CT molecular complexity index is 505. The zero-order chi connectivity index (χ0) is 13.1. The predicted octanol–water partition coefficient (Wildman–Crippen LogP) is 1.96. The van der Waals surface area contributed by atoms with Crippen LogP contribution in [-0.2, 0) is 13.1 Å². The summed E-state index contributed by atoms with van der Waals surface area (Å²) in [7, 11) is 2.00. The van der Waals surface area contributed by atoms with E-state index < -0.39 is 0 Å². The Morgan fingerprint density at radius 1 is 1.32 bits per heavy atom. The molecule has 2 heterocycles. The van der Waals surface area contributed by atoms with Crippen molar-refractivity contribution in [3.05, 3.63) is 42.0 Å². The van der Waals surface area contributed by atoms with Crippen LogP contribution in [0.25, 0.3) is 0 Å². The average molecular weight is 258 g/mol. The fourth-order valence-corrected chi connectivity index (χ4v) is 1.92. The Hall–Kier alpha value is -1.88. The number of rotatable bonds is 6. The van der Waals surface area contributed by atoms with Crippen LogP contribution in [0, 0.1) is 0 Å². The first-order valence-corrected chi connectivity index (χ1v) is 6.59. The van der Waals surface area contributed by atoms with E-state index in [4.69, 9.17) is 4.42 Å². The first kappa shape index (κ1) is 12.2. The molecular weight excluding hydrogens is 240 g/mol. The van der Waals surface area contributed by atoms with Crippen molar-refractivity contribution < 1.29 is 4.42 Å². The molecule has 5 nitrogen and oxygen atoms in total. The summed E-state index contributed by atoms with van der Waals surface area (Å²) >= 11 is 0. The van der Waals surface area contributed by atoms with Gasteiger partial charge in [0.15, 0.2) is 5.82 Å². The maximum Gasteiger partial charge on any atom is 0.151 e. The van der Waals surface area contributed by atoms with E-state index in [2.05, 4.69) is 20.4 Å². The Balaban J connectivity index is 1.57. The minimum absolute atomic E-state index is 0.699. The van der Waals surface area contributed by atoms with Crippen molar-refractivity contribution in [1.82, 2.24) is 15.5 Å². The summed E-state index contributed by atoms with van der Waals surface area (Å²) in [6, 6.07) is 6.70. The Labute approximate surface area is 112 Å². The van der Waals surface area contributed by atoms with Gasteiger partial charge in [-0.3, -0.25) is 0 Å². The zero-order valence-electron chi connectivity index (χ0n) is 11.0. The number of furan rings is 1. The van der Waals surface area contributed by atoms with Crippen LogP contribution in [0.2, 0.25) is 0 Å². The lowest BCUT2D eigenvalue weighted by molar-refractivity contribution is 0.563. The molecule has 0 aliphatic heterocycles. The maximum absolute atomic E-state index is 5.06. The first-order chi connectivity index (χ1) is 9.31. The average Bonchev–Trinajstić information content (AvgIpc) is 3.13. The minimum Gasteiger partial charge on any atom is -0.472 e. The van der Waals surface area contributed by atoms with Gasteiger partial charge in [0.25, 0.3) is 0 Å². The third-order valence-corrected chi connectivity index (χ3v) is 3.25. The number of hydrogen-bond acceptors (Lipinski definition) is 5. The van der Waals surface area contributed by atoms with Crippen molar-refractivity contribution in [3.63, 3.8) is 0 Å². The van der Waals surface area contributed by atoms with Crippen molar-refractivity contribution in [2.75, 3.05) is 11.9 Å². The van der Waals surface area contributed by atoms with Crippen molar-refractivity contribution in [1.29, 1.82) is 0 Å². The molecule has 0 radical (unpaired) electrons. The van der Waals surface area contributed by atoms with Gasteiger partial charge in [0, 0.05) is 31.7 Å². The molecule has 0 unspecified atom stereocenters. The Morgan fingerprint density at radius 2 is 2.21 bits per heavy atom. The van der Waals surface area contributed by atoms with E-state index in [0.717, 1.165) is 30.2 Å². The number of nitrogens with one attached hydrogen (secondary N) is 1. The van der Waals surface area contributed by atoms with Crippen LogP contribution in [0.5, 0.6) is 0 Å². The molecule has 1 aliphatic rings. The van der Waals surface area contributed by atoms with Gasteiger partial charge in [-0.2, -0.15) is 5.10 Å². The number of aromatic nitrogens is 2. The van der Waals surface area contributed by atoms with E-state index in [9.17, 15) is 0 Å². The van der Waals surface area contributed by atoms with Gasteiger partial charge in [-0.05, 0) is 31.0 Å². The smallest absolute Gasteiger partial charge is 0.151 e. The van der Waals surface area contributed by atoms with Crippen molar-refractivity contribution in [2.45, 2.75) is 32.0 Å². The number of nitrogens with zero attached hydrogens (tertiary/aromatic N) is 3. The number of anilines is 1. The lowest BCUT2D eigenvalue weighted by Gasteiger charge is -2.16. The van der Waals surface area contributed by atoms with Gasteiger partial charge in [-0.1, -0.05) is 0 Å². The van der Waals surface area contributed by atoms with Gasteiger partial charge in [0.1, 0.15) is 0 Å². The van der Waals surface area contributed by atoms with Gasteiger partial charge in [0.2, 0.25) is 0 Å². The summed E-state index contributed by atoms with van der Waals surface area (Å²) in [5.74, 6) is 0.872. The molecule has 19 heavy (non-hydrogen) atoms. The molecule has 1 fully saturated rings. The van der Waals surface area contributed by atoms with Crippen molar-refractivity contribution in [2.24, 2.45) is 0 Å². The van der Waals surface area contributed by atoms with E-state index in [0.29, 0.717) is 6.04 Å². The molecule has 0 aromatic carbocycles. The SMILES string of the molecule is CN(Cc1ccoc1)c1ccc(CNC2CC2)nn1. The quantitative estimate of drug-likeness (QED) is 0.858. The molecule has 0 bridgehead atoms. The predicted molar refractivity (Wildman–Crippen MR) is 72.7 cm³/mol. The summed E-state index contributed by atoms with van der Waals surface area (Å²) in [6.07, 6.45) is 6.01. The molecule has 1 aliphatic carbocycles.